The number of aromatic nitrogens is 2. The number of thiazole rings is 1. The second-order valence-corrected chi connectivity index (χ2v) is 6.16. The summed E-state index contributed by atoms with van der Waals surface area (Å²) in [7, 11) is 0. The first-order chi connectivity index (χ1) is 10.3. The average Bonchev–Trinajstić information content (AvgIpc) is 3.03. The summed E-state index contributed by atoms with van der Waals surface area (Å²) < 4.78 is 0. The highest BCUT2D eigenvalue weighted by atomic mass is 32.1. The summed E-state index contributed by atoms with van der Waals surface area (Å²) in [5, 5.41) is 3.11. The maximum absolute atomic E-state index is 12.1. The van der Waals surface area contributed by atoms with Crippen molar-refractivity contribution in [3.05, 3.63) is 46.7 Å². The van der Waals surface area contributed by atoms with Gasteiger partial charge in [0.2, 0.25) is 0 Å². The van der Waals surface area contributed by atoms with E-state index in [2.05, 4.69) is 26.3 Å². The van der Waals surface area contributed by atoms with Crippen LogP contribution >= 0.6 is 11.3 Å². The minimum atomic E-state index is -0.00859. The normalized spacial score (nSPS) is 19.3. The number of rotatable bonds is 4. The highest BCUT2D eigenvalue weighted by molar-refractivity contribution is 7.11. The van der Waals surface area contributed by atoms with Gasteiger partial charge in [0.25, 0.3) is 5.91 Å². The Labute approximate surface area is 128 Å². The second-order valence-electron chi connectivity index (χ2n) is 5.27. The third kappa shape index (κ3) is 3.86. The monoisotopic (exact) mass is 302 g/mol. The third-order valence-electron chi connectivity index (χ3n) is 3.63. The zero-order chi connectivity index (χ0) is 14.5. The first-order valence-corrected chi connectivity index (χ1v) is 8.00. The van der Waals surface area contributed by atoms with Crippen molar-refractivity contribution in [3.8, 4) is 0 Å². The van der Waals surface area contributed by atoms with E-state index < -0.39 is 0 Å². The third-order valence-corrected chi connectivity index (χ3v) is 4.40. The van der Waals surface area contributed by atoms with E-state index in [1.165, 1.54) is 16.9 Å². The Hall–Kier alpha value is -1.79. The Kier molecular flexibility index (Phi) is 4.57. The fourth-order valence-corrected chi connectivity index (χ4v) is 3.17. The Balaban J connectivity index is 1.55. The number of likely N-dealkylation sites (tertiary alicyclic amines) is 1. The molecule has 0 spiro atoms. The van der Waals surface area contributed by atoms with Crippen molar-refractivity contribution < 1.29 is 4.79 Å². The van der Waals surface area contributed by atoms with E-state index in [1.54, 1.807) is 17.9 Å². The summed E-state index contributed by atoms with van der Waals surface area (Å²) in [6.45, 7) is 2.85. The predicted octanol–water partition coefficient (Wildman–Crippen LogP) is 1.93. The summed E-state index contributed by atoms with van der Waals surface area (Å²) in [5.74, 6) is -0.00859. The molecule has 0 saturated carbocycles. The number of carbonyl (C=O) groups is 1. The Morgan fingerprint density at radius 3 is 3.14 bits per heavy atom. The van der Waals surface area contributed by atoms with Gasteiger partial charge in [-0.15, -0.1) is 11.3 Å². The van der Waals surface area contributed by atoms with Crippen LogP contribution in [-0.2, 0) is 6.54 Å². The Morgan fingerprint density at radius 1 is 1.43 bits per heavy atom. The van der Waals surface area contributed by atoms with Gasteiger partial charge in [-0.25, -0.2) is 0 Å². The number of amides is 1. The quantitative estimate of drug-likeness (QED) is 0.937. The molecule has 1 atom stereocenters. The van der Waals surface area contributed by atoms with E-state index >= 15 is 0 Å². The molecule has 1 aliphatic heterocycles. The van der Waals surface area contributed by atoms with Crippen LogP contribution in [0.2, 0.25) is 0 Å². The second kappa shape index (κ2) is 6.78. The van der Waals surface area contributed by atoms with Crippen molar-refractivity contribution in [1.29, 1.82) is 0 Å². The molecule has 6 heteroatoms. The van der Waals surface area contributed by atoms with Crippen molar-refractivity contribution in [3.63, 3.8) is 0 Å². The largest absolute Gasteiger partial charge is 0.347 e. The fraction of sp³-hybridized carbons (Fsp3) is 0.400. The molecule has 2 aromatic heterocycles. The summed E-state index contributed by atoms with van der Waals surface area (Å²) in [6, 6.07) is 4.26. The van der Waals surface area contributed by atoms with Gasteiger partial charge in [0, 0.05) is 31.5 Å². The highest BCUT2D eigenvalue weighted by Crippen LogP contribution is 2.14. The van der Waals surface area contributed by atoms with Gasteiger partial charge in [0.05, 0.1) is 11.7 Å². The van der Waals surface area contributed by atoms with Crippen LogP contribution in [0.25, 0.3) is 0 Å². The number of hydrogen-bond donors (Lipinski definition) is 1. The average molecular weight is 302 g/mol. The number of piperidine rings is 1. The van der Waals surface area contributed by atoms with Crippen molar-refractivity contribution in [2.24, 2.45) is 0 Å². The van der Waals surface area contributed by atoms with Crippen LogP contribution < -0.4 is 5.32 Å². The van der Waals surface area contributed by atoms with Gasteiger partial charge in [-0.1, -0.05) is 6.07 Å². The maximum atomic E-state index is 12.1. The topological polar surface area (TPSA) is 58.1 Å². The molecule has 1 aliphatic rings. The zero-order valence-electron chi connectivity index (χ0n) is 11.7. The Bertz CT molecular complexity index is 573. The van der Waals surface area contributed by atoms with E-state index in [4.69, 9.17) is 0 Å². The predicted molar refractivity (Wildman–Crippen MR) is 82.1 cm³/mol. The molecule has 0 bridgehead atoms. The minimum absolute atomic E-state index is 0.00859. The van der Waals surface area contributed by atoms with E-state index in [9.17, 15) is 4.79 Å². The molecule has 2 aromatic rings. The molecule has 21 heavy (non-hydrogen) atoms. The first-order valence-electron chi connectivity index (χ1n) is 7.12. The molecule has 110 valence electrons. The molecule has 1 saturated heterocycles. The van der Waals surface area contributed by atoms with Gasteiger partial charge < -0.3 is 5.32 Å². The van der Waals surface area contributed by atoms with Gasteiger partial charge >= 0.3 is 0 Å². The van der Waals surface area contributed by atoms with E-state index in [1.807, 2.05) is 12.3 Å². The van der Waals surface area contributed by atoms with Gasteiger partial charge in [-0.05, 0) is 31.0 Å². The standard InChI is InChI=1S/C15H18N4OS/c20-15(14-8-17-11-21-14)18-13-4-2-6-19(10-13)9-12-3-1-5-16-7-12/h1,3,5,7-8,11,13H,2,4,6,9-10H2,(H,18,20). The highest BCUT2D eigenvalue weighted by Gasteiger charge is 2.22. The van der Waals surface area contributed by atoms with Crippen LogP contribution in [0.1, 0.15) is 28.1 Å². The van der Waals surface area contributed by atoms with E-state index in [-0.39, 0.29) is 11.9 Å². The van der Waals surface area contributed by atoms with Crippen LogP contribution in [0, 0.1) is 0 Å². The lowest BCUT2D eigenvalue weighted by Crippen LogP contribution is -2.47. The lowest BCUT2D eigenvalue weighted by molar-refractivity contribution is 0.0904. The molecule has 1 unspecified atom stereocenters. The summed E-state index contributed by atoms with van der Waals surface area (Å²) in [5.41, 5.74) is 2.90. The van der Waals surface area contributed by atoms with E-state index in [0.29, 0.717) is 4.88 Å². The van der Waals surface area contributed by atoms with Gasteiger partial charge in [0.1, 0.15) is 4.88 Å². The molecular formula is C15H18N4OS. The first kappa shape index (κ1) is 14.2. The lowest BCUT2D eigenvalue weighted by Gasteiger charge is -2.33. The molecule has 1 N–H and O–H groups in total. The van der Waals surface area contributed by atoms with Crippen molar-refractivity contribution in [2.45, 2.75) is 25.4 Å². The number of hydrogen-bond acceptors (Lipinski definition) is 5. The summed E-state index contributed by atoms with van der Waals surface area (Å²) in [6.07, 6.45) is 7.45. The molecule has 1 amide bonds. The minimum Gasteiger partial charge on any atom is -0.347 e. The molecule has 5 nitrogen and oxygen atoms in total. The van der Waals surface area contributed by atoms with Crippen molar-refractivity contribution in [1.82, 2.24) is 20.2 Å². The van der Waals surface area contributed by atoms with Crippen molar-refractivity contribution >= 4 is 17.2 Å². The van der Waals surface area contributed by atoms with Crippen LogP contribution in [0.3, 0.4) is 0 Å². The van der Waals surface area contributed by atoms with Gasteiger partial charge in [0.15, 0.2) is 0 Å². The summed E-state index contributed by atoms with van der Waals surface area (Å²) >= 11 is 1.38. The van der Waals surface area contributed by atoms with Crippen LogP contribution in [0.5, 0.6) is 0 Å². The molecule has 0 aromatic carbocycles. The van der Waals surface area contributed by atoms with E-state index in [0.717, 1.165) is 32.5 Å². The molecular weight excluding hydrogens is 284 g/mol. The fourth-order valence-electron chi connectivity index (χ4n) is 2.65. The maximum Gasteiger partial charge on any atom is 0.263 e. The van der Waals surface area contributed by atoms with Gasteiger partial charge in [-0.2, -0.15) is 0 Å². The number of nitrogens with zero attached hydrogens (tertiary/aromatic N) is 3. The number of nitrogens with one attached hydrogen (secondary N) is 1. The van der Waals surface area contributed by atoms with Crippen LogP contribution in [0.15, 0.2) is 36.2 Å². The summed E-state index contributed by atoms with van der Waals surface area (Å²) in [4.78, 5) is 23.2. The van der Waals surface area contributed by atoms with Crippen LogP contribution in [0.4, 0.5) is 0 Å². The lowest BCUT2D eigenvalue weighted by atomic mass is 10.0. The number of carbonyl (C=O) groups excluding carboxylic acids is 1. The number of pyridine rings is 1. The molecule has 0 aliphatic carbocycles. The zero-order valence-corrected chi connectivity index (χ0v) is 12.6. The molecule has 3 rings (SSSR count). The van der Waals surface area contributed by atoms with Gasteiger partial charge in [-0.3, -0.25) is 19.7 Å². The smallest absolute Gasteiger partial charge is 0.263 e. The molecule has 0 radical (unpaired) electrons. The molecule has 3 heterocycles. The van der Waals surface area contributed by atoms with Crippen molar-refractivity contribution in [2.75, 3.05) is 13.1 Å². The molecule has 1 fully saturated rings. The SMILES string of the molecule is O=C(NC1CCCN(Cc2cccnc2)C1)c1cncs1. The Morgan fingerprint density at radius 2 is 2.38 bits per heavy atom. The van der Waals surface area contributed by atoms with Crippen LogP contribution in [-0.4, -0.2) is 39.9 Å².